The monoisotopic (exact) mass is 446 g/mol. The van der Waals surface area contributed by atoms with Crippen LogP contribution in [-0.4, -0.2) is 67.1 Å². The molecule has 5 unspecified atom stereocenters. The third kappa shape index (κ3) is 4.66. The fourth-order valence-electron chi connectivity index (χ4n) is 6.00. The van der Waals surface area contributed by atoms with Crippen molar-refractivity contribution in [3.8, 4) is 6.07 Å². The summed E-state index contributed by atoms with van der Waals surface area (Å²) < 4.78 is 11.6. The number of fused-ring (bicyclic) bond motifs is 1. The molecule has 3 saturated heterocycles. The molecule has 1 amide bonds. The summed E-state index contributed by atoms with van der Waals surface area (Å²) in [5, 5.41) is 15.5. The first kappa shape index (κ1) is 23.5. The highest BCUT2D eigenvalue weighted by molar-refractivity contribution is 5.82. The number of amides is 1. The van der Waals surface area contributed by atoms with Crippen molar-refractivity contribution in [2.75, 3.05) is 26.3 Å². The Morgan fingerprint density at radius 3 is 3.00 bits per heavy atom. The molecule has 0 radical (unpaired) electrons. The highest BCUT2D eigenvalue weighted by atomic mass is 16.6. The van der Waals surface area contributed by atoms with Crippen LogP contribution in [0.25, 0.3) is 0 Å². The quantitative estimate of drug-likeness (QED) is 0.396. The standard InChI is InChI=1S/C23H38N6O3/c1-2-23-7-3-15(4-8-24)13-29(23)18(11-23)20(21(25)26)22(30)28-17-12-27-9-5-19(17)32-16-6-10-31-14-16/h12,15-16,18-21,27H,2-7,9-11,13-14,25-26H2,1H3,(H,28,30)/t15?,16-,18?,19?,20?,23?/m0/s1. The molecule has 178 valence electrons. The zero-order valence-corrected chi connectivity index (χ0v) is 19.1. The van der Waals surface area contributed by atoms with Crippen molar-refractivity contribution in [2.24, 2.45) is 23.3 Å². The van der Waals surface area contributed by atoms with Gasteiger partial charge in [-0.25, -0.2) is 0 Å². The van der Waals surface area contributed by atoms with Gasteiger partial charge in [0.15, 0.2) is 0 Å². The first-order chi connectivity index (χ1) is 15.5. The lowest BCUT2D eigenvalue weighted by Crippen LogP contribution is -2.74. The summed E-state index contributed by atoms with van der Waals surface area (Å²) in [5.74, 6) is -0.325. The Balaban J connectivity index is 1.44. The molecule has 0 spiro atoms. The number of nitriles is 1. The molecule has 0 saturated carbocycles. The molecule has 32 heavy (non-hydrogen) atoms. The van der Waals surface area contributed by atoms with Gasteiger partial charge in [-0.15, -0.1) is 0 Å². The number of nitrogens with two attached hydrogens (primary N) is 2. The third-order valence-electron chi connectivity index (χ3n) is 7.91. The van der Waals surface area contributed by atoms with Crippen molar-refractivity contribution in [3.63, 3.8) is 0 Å². The summed E-state index contributed by atoms with van der Waals surface area (Å²) >= 11 is 0. The average molecular weight is 447 g/mol. The molecule has 4 rings (SSSR count). The molecule has 4 aliphatic heterocycles. The van der Waals surface area contributed by atoms with Gasteiger partial charge in [-0.05, 0) is 44.4 Å². The lowest BCUT2D eigenvalue weighted by atomic mass is 9.64. The van der Waals surface area contributed by atoms with E-state index in [1.807, 2.05) is 6.20 Å². The summed E-state index contributed by atoms with van der Waals surface area (Å²) in [6, 6.07) is 2.31. The minimum absolute atomic E-state index is 0.00352. The van der Waals surface area contributed by atoms with Gasteiger partial charge in [0, 0.05) is 43.9 Å². The lowest BCUT2D eigenvalue weighted by Gasteiger charge is -2.64. The van der Waals surface area contributed by atoms with Gasteiger partial charge in [-0.3, -0.25) is 9.69 Å². The molecule has 9 nitrogen and oxygen atoms in total. The van der Waals surface area contributed by atoms with Crippen LogP contribution in [-0.2, 0) is 14.3 Å². The van der Waals surface area contributed by atoms with Gasteiger partial charge in [0.2, 0.25) is 5.91 Å². The minimum Gasteiger partial charge on any atom is -0.389 e. The van der Waals surface area contributed by atoms with E-state index in [0.29, 0.717) is 25.6 Å². The predicted molar refractivity (Wildman–Crippen MR) is 120 cm³/mol. The maximum absolute atomic E-state index is 13.4. The molecule has 0 aromatic rings. The van der Waals surface area contributed by atoms with Crippen LogP contribution >= 0.6 is 0 Å². The van der Waals surface area contributed by atoms with Crippen molar-refractivity contribution in [1.29, 1.82) is 5.26 Å². The average Bonchev–Trinajstić information content (AvgIpc) is 3.27. The molecule has 4 aliphatic rings. The molecular formula is C23H38N6O3. The van der Waals surface area contributed by atoms with Crippen molar-refractivity contribution >= 4 is 5.91 Å². The SMILES string of the molecule is CCC12CCC(CC#N)CN1C(C(C(=O)NC1=CNCCC1O[C@H]1CCOC1)C(N)N)C2. The van der Waals surface area contributed by atoms with Crippen LogP contribution in [0, 0.1) is 23.2 Å². The highest BCUT2D eigenvalue weighted by Crippen LogP contribution is 2.50. The van der Waals surface area contributed by atoms with E-state index in [1.165, 1.54) is 0 Å². The van der Waals surface area contributed by atoms with Crippen LogP contribution in [0.3, 0.4) is 0 Å². The second-order valence-corrected chi connectivity index (χ2v) is 9.81. The number of piperidine rings is 1. The number of carbonyl (C=O) groups is 1. The van der Waals surface area contributed by atoms with Crippen molar-refractivity contribution in [3.05, 3.63) is 11.9 Å². The van der Waals surface area contributed by atoms with Gasteiger partial charge in [0.1, 0.15) is 6.10 Å². The number of hydrogen-bond acceptors (Lipinski definition) is 8. The summed E-state index contributed by atoms with van der Waals surface area (Å²) in [4.78, 5) is 15.9. The summed E-state index contributed by atoms with van der Waals surface area (Å²) in [7, 11) is 0. The molecular weight excluding hydrogens is 408 g/mol. The maximum atomic E-state index is 13.4. The van der Waals surface area contributed by atoms with Gasteiger partial charge in [0.05, 0.1) is 36.6 Å². The van der Waals surface area contributed by atoms with Crippen molar-refractivity contribution < 1.29 is 14.3 Å². The molecule has 3 fully saturated rings. The van der Waals surface area contributed by atoms with Crippen molar-refractivity contribution in [1.82, 2.24) is 15.5 Å². The minimum atomic E-state index is -0.758. The molecule has 4 heterocycles. The smallest absolute Gasteiger partial charge is 0.231 e. The van der Waals surface area contributed by atoms with E-state index in [2.05, 4.69) is 28.5 Å². The number of ether oxygens (including phenoxy) is 2. The Morgan fingerprint density at radius 2 is 2.31 bits per heavy atom. The fourth-order valence-corrected chi connectivity index (χ4v) is 6.00. The first-order valence-corrected chi connectivity index (χ1v) is 12.1. The van der Waals surface area contributed by atoms with E-state index >= 15 is 0 Å². The second kappa shape index (κ2) is 10.1. The zero-order valence-electron chi connectivity index (χ0n) is 19.1. The summed E-state index contributed by atoms with van der Waals surface area (Å²) in [5.41, 5.74) is 13.2. The number of nitrogens with one attached hydrogen (secondary N) is 2. The molecule has 0 aromatic carbocycles. The van der Waals surface area contributed by atoms with Gasteiger partial charge in [0.25, 0.3) is 0 Å². The largest absolute Gasteiger partial charge is 0.389 e. The maximum Gasteiger partial charge on any atom is 0.231 e. The number of nitrogens with zero attached hydrogens (tertiary/aromatic N) is 2. The van der Waals surface area contributed by atoms with E-state index in [9.17, 15) is 4.79 Å². The van der Waals surface area contributed by atoms with E-state index in [1.54, 1.807) is 0 Å². The Labute approximate surface area is 190 Å². The fraction of sp³-hybridized carbons (Fsp3) is 0.826. The topological polar surface area (TPSA) is 139 Å². The van der Waals surface area contributed by atoms with Crippen LogP contribution in [0.4, 0.5) is 0 Å². The van der Waals surface area contributed by atoms with E-state index in [-0.39, 0.29) is 29.7 Å². The molecule has 9 heteroatoms. The highest BCUT2D eigenvalue weighted by Gasteiger charge is 2.57. The number of hydrogen-bond donors (Lipinski definition) is 4. The predicted octanol–water partition coefficient (Wildman–Crippen LogP) is 0.518. The molecule has 0 aliphatic carbocycles. The summed E-state index contributed by atoms with van der Waals surface area (Å²) in [6.07, 6.45) is 7.26. The van der Waals surface area contributed by atoms with E-state index in [4.69, 9.17) is 26.2 Å². The third-order valence-corrected chi connectivity index (χ3v) is 7.91. The van der Waals surface area contributed by atoms with Crippen LogP contribution in [0.1, 0.15) is 51.9 Å². The molecule has 6 atom stereocenters. The Morgan fingerprint density at radius 1 is 1.47 bits per heavy atom. The van der Waals surface area contributed by atoms with Crippen molar-refractivity contribution in [2.45, 2.75) is 81.8 Å². The lowest BCUT2D eigenvalue weighted by molar-refractivity contribution is -0.155. The second-order valence-electron chi connectivity index (χ2n) is 9.81. The number of carbonyl (C=O) groups excluding carboxylic acids is 1. The van der Waals surface area contributed by atoms with Gasteiger partial charge >= 0.3 is 0 Å². The first-order valence-electron chi connectivity index (χ1n) is 12.1. The van der Waals surface area contributed by atoms with Crippen LogP contribution in [0.5, 0.6) is 0 Å². The summed E-state index contributed by atoms with van der Waals surface area (Å²) in [6.45, 7) is 5.15. The van der Waals surface area contributed by atoms with E-state index < -0.39 is 12.1 Å². The van der Waals surface area contributed by atoms with Crippen LogP contribution < -0.4 is 22.1 Å². The van der Waals surface area contributed by atoms with Crippen LogP contribution in [0.2, 0.25) is 0 Å². The molecule has 6 N–H and O–H groups in total. The Kier molecular flexibility index (Phi) is 7.37. The Bertz CT molecular complexity index is 747. The molecule has 0 bridgehead atoms. The normalized spacial score (nSPS) is 35.8. The van der Waals surface area contributed by atoms with E-state index in [0.717, 1.165) is 57.3 Å². The number of rotatable bonds is 8. The zero-order chi connectivity index (χ0) is 22.7. The van der Waals surface area contributed by atoms with Crippen LogP contribution in [0.15, 0.2) is 11.9 Å². The van der Waals surface area contributed by atoms with Gasteiger partial charge < -0.3 is 31.6 Å². The van der Waals surface area contributed by atoms with Gasteiger partial charge in [-0.2, -0.15) is 5.26 Å². The Hall–Kier alpha value is -1.70. The van der Waals surface area contributed by atoms with Gasteiger partial charge in [-0.1, -0.05) is 6.92 Å². The molecule has 0 aromatic heterocycles.